The molecular formula is C17H19NO3. The van der Waals surface area contributed by atoms with Crippen molar-refractivity contribution in [3.8, 4) is 5.75 Å². The van der Waals surface area contributed by atoms with Crippen LogP contribution in [-0.4, -0.2) is 17.1 Å². The first kappa shape index (κ1) is 15.1. The molecule has 0 radical (unpaired) electrons. The van der Waals surface area contributed by atoms with E-state index in [1.54, 1.807) is 44.2 Å². The number of benzene rings is 2. The number of aliphatic hydroxyl groups excluding tert-OH is 1. The molecule has 0 bridgehead atoms. The Labute approximate surface area is 124 Å². The normalized spacial score (nSPS) is 13.3. The molecule has 1 amide bonds. The van der Waals surface area contributed by atoms with Crippen LogP contribution in [0.25, 0.3) is 0 Å². The highest BCUT2D eigenvalue weighted by atomic mass is 16.5. The van der Waals surface area contributed by atoms with Gasteiger partial charge in [0, 0.05) is 5.69 Å². The molecule has 0 spiro atoms. The molecular weight excluding hydrogens is 266 g/mol. The van der Waals surface area contributed by atoms with Crippen LogP contribution < -0.4 is 10.1 Å². The number of amides is 1. The van der Waals surface area contributed by atoms with E-state index in [0.717, 1.165) is 5.56 Å². The minimum Gasteiger partial charge on any atom is -0.481 e. The first-order valence-electron chi connectivity index (χ1n) is 6.87. The number of rotatable bonds is 5. The van der Waals surface area contributed by atoms with Crippen LogP contribution in [0, 0.1) is 0 Å². The van der Waals surface area contributed by atoms with Crippen LogP contribution in [0.1, 0.15) is 25.5 Å². The summed E-state index contributed by atoms with van der Waals surface area (Å²) in [5, 5.41) is 12.3. The number of carbonyl (C=O) groups excluding carboxylic acids is 1. The Morgan fingerprint density at radius 3 is 2.48 bits per heavy atom. The number of ether oxygens (including phenoxy) is 1. The molecule has 4 nitrogen and oxygen atoms in total. The number of anilines is 1. The van der Waals surface area contributed by atoms with Crippen LogP contribution in [0.3, 0.4) is 0 Å². The van der Waals surface area contributed by atoms with Gasteiger partial charge in [-0.05, 0) is 43.7 Å². The standard InChI is InChI=1S/C17H19NO3/c1-12(19)14-7-6-8-15(11-14)18-17(20)13(2)21-16-9-4-3-5-10-16/h3-13,19H,1-2H3,(H,18,20). The van der Waals surface area contributed by atoms with Crippen molar-refractivity contribution in [2.45, 2.75) is 26.1 Å². The molecule has 0 aliphatic carbocycles. The number of hydrogen-bond acceptors (Lipinski definition) is 3. The smallest absolute Gasteiger partial charge is 0.265 e. The summed E-state index contributed by atoms with van der Waals surface area (Å²) in [6, 6.07) is 16.3. The Bertz CT molecular complexity index is 596. The van der Waals surface area contributed by atoms with E-state index in [9.17, 15) is 9.90 Å². The van der Waals surface area contributed by atoms with E-state index in [2.05, 4.69) is 5.32 Å². The third kappa shape index (κ3) is 4.33. The number of carbonyl (C=O) groups is 1. The van der Waals surface area contributed by atoms with Crippen molar-refractivity contribution in [3.63, 3.8) is 0 Å². The Morgan fingerprint density at radius 2 is 1.81 bits per heavy atom. The first-order valence-corrected chi connectivity index (χ1v) is 6.87. The Hall–Kier alpha value is -2.33. The summed E-state index contributed by atoms with van der Waals surface area (Å²) in [6.45, 7) is 3.38. The largest absolute Gasteiger partial charge is 0.481 e. The fourth-order valence-corrected chi connectivity index (χ4v) is 1.88. The lowest BCUT2D eigenvalue weighted by molar-refractivity contribution is -0.122. The van der Waals surface area contributed by atoms with E-state index in [4.69, 9.17) is 4.74 Å². The molecule has 0 aliphatic heterocycles. The number of aliphatic hydroxyl groups is 1. The zero-order chi connectivity index (χ0) is 15.2. The highest BCUT2D eigenvalue weighted by Gasteiger charge is 2.15. The van der Waals surface area contributed by atoms with Gasteiger partial charge in [0.25, 0.3) is 5.91 Å². The van der Waals surface area contributed by atoms with Crippen molar-refractivity contribution in [2.75, 3.05) is 5.32 Å². The average molecular weight is 285 g/mol. The highest BCUT2D eigenvalue weighted by Crippen LogP contribution is 2.18. The Morgan fingerprint density at radius 1 is 1.10 bits per heavy atom. The van der Waals surface area contributed by atoms with Crippen molar-refractivity contribution in [1.82, 2.24) is 0 Å². The van der Waals surface area contributed by atoms with Crippen molar-refractivity contribution in [1.29, 1.82) is 0 Å². The molecule has 110 valence electrons. The molecule has 21 heavy (non-hydrogen) atoms. The van der Waals surface area contributed by atoms with Crippen molar-refractivity contribution >= 4 is 11.6 Å². The van der Waals surface area contributed by atoms with Crippen LogP contribution in [0.5, 0.6) is 5.75 Å². The highest BCUT2D eigenvalue weighted by molar-refractivity contribution is 5.94. The molecule has 2 aromatic carbocycles. The molecule has 2 aromatic rings. The molecule has 0 aliphatic rings. The van der Waals surface area contributed by atoms with Crippen LogP contribution in [-0.2, 0) is 4.79 Å². The van der Waals surface area contributed by atoms with Gasteiger partial charge < -0.3 is 15.2 Å². The van der Waals surface area contributed by atoms with E-state index >= 15 is 0 Å². The summed E-state index contributed by atoms with van der Waals surface area (Å²) in [7, 11) is 0. The topological polar surface area (TPSA) is 58.6 Å². The fraction of sp³-hybridized carbons (Fsp3) is 0.235. The Balaban J connectivity index is 1.99. The van der Waals surface area contributed by atoms with Crippen molar-refractivity contribution in [3.05, 3.63) is 60.2 Å². The third-order valence-electron chi connectivity index (χ3n) is 3.06. The maximum absolute atomic E-state index is 12.1. The predicted octanol–water partition coefficient (Wildman–Crippen LogP) is 3.15. The fourth-order valence-electron chi connectivity index (χ4n) is 1.88. The quantitative estimate of drug-likeness (QED) is 0.887. The Kier molecular flexibility index (Phi) is 4.95. The van der Waals surface area contributed by atoms with Gasteiger partial charge in [-0.25, -0.2) is 0 Å². The minimum absolute atomic E-state index is 0.235. The first-order chi connectivity index (χ1) is 10.1. The van der Waals surface area contributed by atoms with E-state index in [1.165, 1.54) is 0 Å². The lowest BCUT2D eigenvalue weighted by Gasteiger charge is -2.15. The van der Waals surface area contributed by atoms with Crippen LogP contribution in [0.4, 0.5) is 5.69 Å². The molecule has 0 aromatic heterocycles. The minimum atomic E-state index is -0.609. The van der Waals surface area contributed by atoms with Gasteiger partial charge in [0.1, 0.15) is 5.75 Å². The van der Waals surface area contributed by atoms with E-state index in [0.29, 0.717) is 11.4 Å². The van der Waals surface area contributed by atoms with Crippen LogP contribution in [0.15, 0.2) is 54.6 Å². The van der Waals surface area contributed by atoms with Gasteiger partial charge >= 0.3 is 0 Å². The third-order valence-corrected chi connectivity index (χ3v) is 3.06. The van der Waals surface area contributed by atoms with Gasteiger partial charge in [0.15, 0.2) is 6.10 Å². The summed E-state index contributed by atoms with van der Waals surface area (Å²) in [5.74, 6) is 0.416. The number of hydrogen-bond donors (Lipinski definition) is 2. The van der Waals surface area contributed by atoms with Crippen molar-refractivity contribution in [2.24, 2.45) is 0 Å². The van der Waals surface area contributed by atoms with Gasteiger partial charge in [0.2, 0.25) is 0 Å². The van der Waals surface area contributed by atoms with E-state index in [1.807, 2.05) is 24.3 Å². The summed E-state index contributed by atoms with van der Waals surface area (Å²) in [5.41, 5.74) is 1.39. The average Bonchev–Trinajstić information content (AvgIpc) is 2.48. The predicted molar refractivity (Wildman–Crippen MR) is 82.2 cm³/mol. The summed E-state index contributed by atoms with van der Waals surface area (Å²) in [4.78, 5) is 12.1. The molecule has 2 rings (SSSR count). The van der Waals surface area contributed by atoms with Gasteiger partial charge in [0.05, 0.1) is 6.10 Å². The monoisotopic (exact) mass is 285 g/mol. The molecule has 0 heterocycles. The second-order valence-electron chi connectivity index (χ2n) is 4.86. The van der Waals surface area contributed by atoms with Gasteiger partial charge in [-0.3, -0.25) is 4.79 Å². The second kappa shape index (κ2) is 6.90. The second-order valence-corrected chi connectivity index (χ2v) is 4.86. The zero-order valence-corrected chi connectivity index (χ0v) is 12.1. The molecule has 2 N–H and O–H groups in total. The van der Waals surface area contributed by atoms with E-state index in [-0.39, 0.29) is 5.91 Å². The van der Waals surface area contributed by atoms with Gasteiger partial charge in [-0.15, -0.1) is 0 Å². The lowest BCUT2D eigenvalue weighted by atomic mass is 10.1. The lowest BCUT2D eigenvalue weighted by Crippen LogP contribution is -2.30. The number of para-hydroxylation sites is 1. The number of nitrogens with one attached hydrogen (secondary N) is 1. The molecule has 0 fully saturated rings. The van der Waals surface area contributed by atoms with Gasteiger partial charge in [-0.2, -0.15) is 0 Å². The van der Waals surface area contributed by atoms with Crippen LogP contribution in [0.2, 0.25) is 0 Å². The SMILES string of the molecule is CC(Oc1ccccc1)C(=O)Nc1cccc(C(C)O)c1. The maximum Gasteiger partial charge on any atom is 0.265 e. The van der Waals surface area contributed by atoms with Crippen molar-refractivity contribution < 1.29 is 14.6 Å². The van der Waals surface area contributed by atoms with E-state index < -0.39 is 12.2 Å². The molecule has 4 heteroatoms. The van der Waals surface area contributed by atoms with Gasteiger partial charge in [-0.1, -0.05) is 30.3 Å². The molecule has 2 atom stereocenters. The maximum atomic E-state index is 12.1. The molecule has 0 saturated heterocycles. The summed E-state index contributed by atoms with van der Waals surface area (Å²) >= 11 is 0. The summed E-state index contributed by atoms with van der Waals surface area (Å²) in [6.07, 6.45) is -1.18. The molecule has 0 saturated carbocycles. The van der Waals surface area contributed by atoms with Crippen LogP contribution >= 0.6 is 0 Å². The summed E-state index contributed by atoms with van der Waals surface area (Å²) < 4.78 is 5.56. The molecule has 2 unspecified atom stereocenters. The zero-order valence-electron chi connectivity index (χ0n) is 12.1.